The number of methoxy groups -OCH3 is 3. The molecule has 2 amide bonds. The van der Waals surface area contributed by atoms with Crippen LogP contribution in [0.15, 0.2) is 36.4 Å². The Labute approximate surface area is 193 Å². The molecule has 1 fully saturated rings. The summed E-state index contributed by atoms with van der Waals surface area (Å²) < 4.78 is 15.7. The molecule has 0 aromatic heterocycles. The first kappa shape index (κ1) is 23.7. The van der Waals surface area contributed by atoms with Crippen LogP contribution in [0.5, 0.6) is 17.2 Å². The molecule has 1 heterocycles. The molecule has 1 saturated heterocycles. The van der Waals surface area contributed by atoms with Crippen molar-refractivity contribution in [3.8, 4) is 17.2 Å². The number of nitrogens with zero attached hydrogens (tertiary/aromatic N) is 2. The van der Waals surface area contributed by atoms with E-state index in [1.54, 1.807) is 19.2 Å². The second-order valence-electron chi connectivity index (χ2n) is 7.42. The van der Waals surface area contributed by atoms with Crippen molar-refractivity contribution < 1.29 is 23.8 Å². The minimum absolute atomic E-state index is 0.0698. The Balaban J connectivity index is 1.50. The van der Waals surface area contributed by atoms with Gasteiger partial charge in [0.1, 0.15) is 17.2 Å². The van der Waals surface area contributed by atoms with Crippen LogP contribution < -0.4 is 19.5 Å². The number of carbonyl (C=O) groups is 2. The number of amides is 2. The zero-order valence-electron chi connectivity index (χ0n) is 18.5. The van der Waals surface area contributed by atoms with Crippen LogP contribution >= 0.6 is 11.6 Å². The van der Waals surface area contributed by atoms with E-state index in [9.17, 15) is 9.59 Å². The van der Waals surface area contributed by atoms with Crippen molar-refractivity contribution >= 4 is 29.1 Å². The number of benzene rings is 2. The molecule has 1 aliphatic heterocycles. The van der Waals surface area contributed by atoms with Crippen molar-refractivity contribution in [2.75, 3.05) is 59.4 Å². The Morgan fingerprint density at radius 3 is 2.34 bits per heavy atom. The second-order valence-corrected chi connectivity index (χ2v) is 7.83. The van der Waals surface area contributed by atoms with Gasteiger partial charge in [0, 0.05) is 38.3 Å². The lowest BCUT2D eigenvalue weighted by Crippen LogP contribution is -2.50. The van der Waals surface area contributed by atoms with E-state index in [0.717, 1.165) is 11.3 Å². The Hall–Kier alpha value is -2.97. The number of piperazine rings is 1. The third-order valence-electron chi connectivity index (χ3n) is 5.33. The molecule has 2 aromatic carbocycles. The third-order valence-corrected chi connectivity index (χ3v) is 5.63. The highest BCUT2D eigenvalue weighted by atomic mass is 35.5. The van der Waals surface area contributed by atoms with Gasteiger partial charge in [0.15, 0.2) is 0 Å². The van der Waals surface area contributed by atoms with Crippen LogP contribution in [-0.2, 0) is 16.0 Å². The molecule has 0 aliphatic carbocycles. The van der Waals surface area contributed by atoms with Gasteiger partial charge in [0.25, 0.3) is 0 Å². The van der Waals surface area contributed by atoms with Gasteiger partial charge in [-0.3, -0.25) is 14.5 Å². The molecule has 0 atom stereocenters. The van der Waals surface area contributed by atoms with Crippen molar-refractivity contribution in [1.29, 1.82) is 0 Å². The largest absolute Gasteiger partial charge is 0.497 e. The number of hydrogen-bond donors (Lipinski definition) is 1. The van der Waals surface area contributed by atoms with Gasteiger partial charge in [0.05, 0.1) is 45.0 Å². The number of carbonyl (C=O) groups excluding carboxylic acids is 2. The number of rotatable bonds is 8. The summed E-state index contributed by atoms with van der Waals surface area (Å²) in [4.78, 5) is 29.1. The summed E-state index contributed by atoms with van der Waals surface area (Å²) in [6.07, 6.45) is 0.329. The lowest BCUT2D eigenvalue weighted by atomic mass is 10.1. The topological polar surface area (TPSA) is 80.3 Å². The number of ether oxygens (including phenoxy) is 3. The summed E-state index contributed by atoms with van der Waals surface area (Å²) >= 11 is 6.11. The molecule has 8 nitrogen and oxygen atoms in total. The summed E-state index contributed by atoms with van der Waals surface area (Å²) in [6.45, 7) is 2.62. The van der Waals surface area contributed by atoms with Gasteiger partial charge in [-0.2, -0.15) is 0 Å². The van der Waals surface area contributed by atoms with Gasteiger partial charge in [0.2, 0.25) is 11.8 Å². The number of halogens is 1. The molecular weight excluding hydrogens is 434 g/mol. The molecule has 0 bridgehead atoms. The van der Waals surface area contributed by atoms with Crippen molar-refractivity contribution in [3.63, 3.8) is 0 Å². The predicted molar refractivity (Wildman–Crippen MR) is 123 cm³/mol. The summed E-state index contributed by atoms with van der Waals surface area (Å²) in [5.41, 5.74) is 1.41. The summed E-state index contributed by atoms with van der Waals surface area (Å²) in [5.74, 6) is 1.54. The predicted octanol–water partition coefficient (Wildman–Crippen LogP) is 2.69. The van der Waals surface area contributed by atoms with E-state index in [4.69, 9.17) is 25.8 Å². The van der Waals surface area contributed by atoms with E-state index in [2.05, 4.69) is 5.32 Å². The third kappa shape index (κ3) is 6.05. The minimum atomic E-state index is -0.177. The molecule has 32 heavy (non-hydrogen) atoms. The van der Waals surface area contributed by atoms with Gasteiger partial charge in [-0.1, -0.05) is 23.7 Å². The molecule has 2 aromatic rings. The molecule has 172 valence electrons. The van der Waals surface area contributed by atoms with Crippen LogP contribution in [0.4, 0.5) is 5.69 Å². The lowest BCUT2D eigenvalue weighted by Gasteiger charge is -2.34. The smallest absolute Gasteiger partial charge is 0.238 e. The summed E-state index contributed by atoms with van der Waals surface area (Å²) in [5, 5.41) is 3.25. The SMILES string of the molecule is COc1cccc(CC(=O)N2CCN(CC(=O)Nc3cc(OC)c(Cl)cc3OC)CC2)c1. The molecule has 0 saturated carbocycles. The van der Waals surface area contributed by atoms with Crippen LogP contribution in [0.2, 0.25) is 5.02 Å². The Kier molecular flexibility index (Phi) is 8.19. The van der Waals surface area contributed by atoms with Crippen LogP contribution in [-0.4, -0.2) is 75.7 Å². The molecule has 1 aliphatic rings. The van der Waals surface area contributed by atoms with Crippen molar-refractivity contribution in [3.05, 3.63) is 47.0 Å². The number of hydrogen-bond acceptors (Lipinski definition) is 6. The lowest BCUT2D eigenvalue weighted by molar-refractivity contribution is -0.132. The van der Waals surface area contributed by atoms with Gasteiger partial charge in [-0.15, -0.1) is 0 Å². The van der Waals surface area contributed by atoms with E-state index >= 15 is 0 Å². The molecule has 0 spiro atoms. The van der Waals surface area contributed by atoms with E-state index in [0.29, 0.717) is 54.8 Å². The van der Waals surface area contributed by atoms with Crippen molar-refractivity contribution in [1.82, 2.24) is 9.80 Å². The number of anilines is 1. The first-order chi connectivity index (χ1) is 15.4. The molecule has 1 N–H and O–H groups in total. The fourth-order valence-corrected chi connectivity index (χ4v) is 3.81. The average Bonchev–Trinajstić information content (AvgIpc) is 2.80. The van der Waals surface area contributed by atoms with E-state index in [1.807, 2.05) is 34.1 Å². The van der Waals surface area contributed by atoms with Gasteiger partial charge in [-0.05, 0) is 17.7 Å². The Morgan fingerprint density at radius 1 is 0.969 bits per heavy atom. The maximum absolute atomic E-state index is 12.6. The monoisotopic (exact) mass is 461 g/mol. The Bertz CT molecular complexity index is 961. The second kappa shape index (κ2) is 11.1. The highest BCUT2D eigenvalue weighted by Gasteiger charge is 2.23. The first-order valence-electron chi connectivity index (χ1n) is 10.3. The van der Waals surface area contributed by atoms with Gasteiger partial charge < -0.3 is 24.4 Å². The van der Waals surface area contributed by atoms with Gasteiger partial charge in [-0.25, -0.2) is 0 Å². The van der Waals surface area contributed by atoms with E-state index < -0.39 is 0 Å². The van der Waals surface area contributed by atoms with Crippen molar-refractivity contribution in [2.24, 2.45) is 0 Å². The van der Waals surface area contributed by atoms with Gasteiger partial charge >= 0.3 is 0 Å². The Morgan fingerprint density at radius 2 is 1.69 bits per heavy atom. The van der Waals surface area contributed by atoms with Crippen LogP contribution in [0.1, 0.15) is 5.56 Å². The highest BCUT2D eigenvalue weighted by molar-refractivity contribution is 6.32. The maximum Gasteiger partial charge on any atom is 0.238 e. The molecule has 9 heteroatoms. The van der Waals surface area contributed by atoms with Crippen molar-refractivity contribution in [2.45, 2.75) is 6.42 Å². The first-order valence-corrected chi connectivity index (χ1v) is 10.7. The summed E-state index contributed by atoms with van der Waals surface area (Å²) in [6, 6.07) is 10.8. The molecule has 0 unspecified atom stereocenters. The minimum Gasteiger partial charge on any atom is -0.497 e. The molecular formula is C23H28ClN3O5. The average molecular weight is 462 g/mol. The van der Waals surface area contributed by atoms with Crippen LogP contribution in [0.25, 0.3) is 0 Å². The fraction of sp³-hybridized carbons (Fsp3) is 0.391. The molecule has 0 radical (unpaired) electrons. The quantitative estimate of drug-likeness (QED) is 0.651. The van der Waals surface area contributed by atoms with E-state index in [-0.39, 0.29) is 18.4 Å². The zero-order valence-corrected chi connectivity index (χ0v) is 19.3. The molecule has 3 rings (SSSR count). The fourth-order valence-electron chi connectivity index (χ4n) is 3.58. The van der Waals surface area contributed by atoms with Crippen LogP contribution in [0.3, 0.4) is 0 Å². The highest BCUT2D eigenvalue weighted by Crippen LogP contribution is 2.35. The van der Waals surface area contributed by atoms with Crippen LogP contribution in [0, 0.1) is 0 Å². The standard InChI is InChI=1S/C23H28ClN3O5/c1-30-17-6-4-5-16(11-17)12-23(29)27-9-7-26(8-10-27)15-22(28)25-19-14-20(31-2)18(24)13-21(19)32-3/h4-6,11,13-14H,7-10,12,15H2,1-3H3,(H,25,28). The summed E-state index contributed by atoms with van der Waals surface area (Å²) in [7, 11) is 4.62. The maximum atomic E-state index is 12.6. The normalized spacial score (nSPS) is 14.1. The zero-order chi connectivity index (χ0) is 23.1. The van der Waals surface area contributed by atoms with E-state index in [1.165, 1.54) is 14.2 Å². The number of nitrogens with one attached hydrogen (secondary N) is 1.